The first-order valence-electron chi connectivity index (χ1n) is 8.82. The molecule has 0 spiro atoms. The second kappa shape index (κ2) is 8.14. The van der Waals surface area contributed by atoms with Gasteiger partial charge in [-0.15, -0.1) is 0 Å². The van der Waals surface area contributed by atoms with Gasteiger partial charge in [0, 0.05) is 25.1 Å². The first kappa shape index (κ1) is 18.8. The van der Waals surface area contributed by atoms with Crippen LogP contribution in [-0.4, -0.2) is 29.7 Å². The summed E-state index contributed by atoms with van der Waals surface area (Å²) in [5.74, 6) is 0.443. The lowest BCUT2D eigenvalue weighted by molar-refractivity contribution is 0.181. The van der Waals surface area contributed by atoms with E-state index in [0.717, 1.165) is 0 Å². The zero-order chi connectivity index (χ0) is 19.3. The summed E-state index contributed by atoms with van der Waals surface area (Å²) >= 11 is 0. The molecular formula is C21H24N4O2. The number of hydrogen-bond acceptors (Lipinski definition) is 4. The van der Waals surface area contributed by atoms with Crippen molar-refractivity contribution < 1.29 is 9.53 Å². The predicted octanol–water partition coefficient (Wildman–Crippen LogP) is 3.88. The van der Waals surface area contributed by atoms with Gasteiger partial charge in [0.1, 0.15) is 12.1 Å². The molecule has 6 heteroatoms. The summed E-state index contributed by atoms with van der Waals surface area (Å²) in [5.41, 5.74) is 1.67. The maximum Gasteiger partial charge on any atom is 0.320 e. The fraction of sp³-hybridized carbons (Fsp3) is 0.286. The van der Waals surface area contributed by atoms with Crippen LogP contribution in [0.3, 0.4) is 0 Å². The Kier molecular flexibility index (Phi) is 5.66. The van der Waals surface area contributed by atoms with Crippen LogP contribution < -0.4 is 10.6 Å². The second-order valence-electron chi connectivity index (χ2n) is 7.08. The Labute approximate surface area is 159 Å². The molecule has 0 bridgehead atoms. The number of nitrogens with zero attached hydrogens (tertiary/aromatic N) is 2. The number of carbonyl (C=O) groups is 1. The number of rotatable bonds is 6. The Morgan fingerprint density at radius 1 is 1.07 bits per heavy atom. The zero-order valence-corrected chi connectivity index (χ0v) is 15.8. The highest BCUT2D eigenvalue weighted by Gasteiger charge is 2.22. The number of aromatic nitrogens is 2. The Bertz CT molecular complexity index is 940. The number of nitrogens with one attached hydrogen (secondary N) is 2. The highest BCUT2D eigenvalue weighted by atomic mass is 16.5. The molecule has 27 heavy (non-hydrogen) atoms. The molecule has 2 N–H and O–H groups in total. The standard InChI is InChI=1S/C21H24N4O2/c1-21(2,17-9-8-15-6-4-5-7-16(15)10-17)13-22-20(26)25-19-11-18(12-27-3)23-14-24-19/h4-11,14H,12-13H2,1-3H3,(H2,22,23,24,25,26). The van der Waals surface area contributed by atoms with Crippen molar-refractivity contribution in [2.75, 3.05) is 19.0 Å². The van der Waals surface area contributed by atoms with E-state index in [-0.39, 0.29) is 11.4 Å². The minimum absolute atomic E-state index is 0.214. The lowest BCUT2D eigenvalue weighted by Gasteiger charge is -2.26. The van der Waals surface area contributed by atoms with E-state index in [1.807, 2.05) is 12.1 Å². The van der Waals surface area contributed by atoms with Crippen molar-refractivity contribution in [2.45, 2.75) is 25.9 Å². The fourth-order valence-electron chi connectivity index (χ4n) is 2.87. The molecule has 1 heterocycles. The maximum atomic E-state index is 12.3. The summed E-state index contributed by atoms with van der Waals surface area (Å²) in [6, 6.07) is 16.1. The Balaban J connectivity index is 1.63. The molecule has 6 nitrogen and oxygen atoms in total. The van der Waals surface area contributed by atoms with Gasteiger partial charge in [0.25, 0.3) is 0 Å². The zero-order valence-electron chi connectivity index (χ0n) is 15.8. The van der Waals surface area contributed by atoms with Crippen LogP contribution in [0.15, 0.2) is 54.9 Å². The number of urea groups is 1. The predicted molar refractivity (Wildman–Crippen MR) is 107 cm³/mol. The molecule has 0 atom stereocenters. The van der Waals surface area contributed by atoms with Crippen molar-refractivity contribution in [1.29, 1.82) is 0 Å². The average Bonchev–Trinajstić information content (AvgIpc) is 2.67. The smallest absolute Gasteiger partial charge is 0.320 e. The van der Waals surface area contributed by atoms with Gasteiger partial charge in [-0.25, -0.2) is 14.8 Å². The molecule has 2 amide bonds. The monoisotopic (exact) mass is 364 g/mol. The molecule has 2 aromatic carbocycles. The topological polar surface area (TPSA) is 76.1 Å². The van der Waals surface area contributed by atoms with Gasteiger partial charge in [0.15, 0.2) is 0 Å². The van der Waals surface area contributed by atoms with E-state index in [2.05, 4.69) is 64.8 Å². The minimum atomic E-state index is -0.300. The fourth-order valence-corrected chi connectivity index (χ4v) is 2.87. The number of ether oxygens (including phenoxy) is 1. The Morgan fingerprint density at radius 2 is 1.85 bits per heavy atom. The molecule has 0 unspecified atom stereocenters. The number of hydrogen-bond donors (Lipinski definition) is 2. The third-order valence-corrected chi connectivity index (χ3v) is 4.48. The van der Waals surface area contributed by atoms with Crippen molar-refractivity contribution in [1.82, 2.24) is 15.3 Å². The Hall–Kier alpha value is -2.99. The molecule has 0 aliphatic heterocycles. The van der Waals surface area contributed by atoms with E-state index in [4.69, 9.17) is 4.74 Å². The van der Waals surface area contributed by atoms with E-state index < -0.39 is 0 Å². The van der Waals surface area contributed by atoms with Crippen LogP contribution >= 0.6 is 0 Å². The lowest BCUT2D eigenvalue weighted by Crippen LogP contribution is -2.39. The van der Waals surface area contributed by atoms with E-state index in [1.165, 1.54) is 22.7 Å². The summed E-state index contributed by atoms with van der Waals surface area (Å²) in [7, 11) is 1.59. The largest absolute Gasteiger partial charge is 0.378 e. The van der Waals surface area contributed by atoms with Gasteiger partial charge in [0.2, 0.25) is 0 Å². The van der Waals surface area contributed by atoms with Crippen LogP contribution in [0.1, 0.15) is 25.1 Å². The highest BCUT2D eigenvalue weighted by molar-refractivity contribution is 5.88. The highest BCUT2D eigenvalue weighted by Crippen LogP contribution is 2.26. The second-order valence-corrected chi connectivity index (χ2v) is 7.08. The average molecular weight is 364 g/mol. The first-order chi connectivity index (χ1) is 13.0. The molecule has 3 aromatic rings. The number of anilines is 1. The van der Waals surface area contributed by atoms with Crippen LogP contribution in [0.25, 0.3) is 10.8 Å². The molecule has 1 aromatic heterocycles. The van der Waals surface area contributed by atoms with E-state index in [1.54, 1.807) is 13.2 Å². The van der Waals surface area contributed by atoms with Crippen LogP contribution in [-0.2, 0) is 16.8 Å². The first-order valence-corrected chi connectivity index (χ1v) is 8.82. The van der Waals surface area contributed by atoms with Gasteiger partial charge >= 0.3 is 6.03 Å². The maximum absolute atomic E-state index is 12.3. The quantitative estimate of drug-likeness (QED) is 0.696. The molecule has 0 aliphatic carbocycles. The van der Waals surface area contributed by atoms with Crippen molar-refractivity contribution in [3.63, 3.8) is 0 Å². The molecule has 140 valence electrons. The number of amides is 2. The van der Waals surface area contributed by atoms with Crippen LogP contribution in [0, 0.1) is 0 Å². The van der Waals surface area contributed by atoms with Crippen LogP contribution in [0.2, 0.25) is 0 Å². The summed E-state index contributed by atoms with van der Waals surface area (Å²) in [5, 5.41) is 8.07. The van der Waals surface area contributed by atoms with Crippen LogP contribution in [0.4, 0.5) is 10.6 Å². The van der Waals surface area contributed by atoms with Gasteiger partial charge in [0.05, 0.1) is 12.3 Å². The SMILES string of the molecule is COCc1cc(NC(=O)NCC(C)(C)c2ccc3ccccc3c2)ncn1. The minimum Gasteiger partial charge on any atom is -0.378 e. The number of fused-ring (bicyclic) bond motifs is 1. The van der Waals surface area contributed by atoms with Gasteiger partial charge in [-0.3, -0.25) is 5.32 Å². The molecule has 3 rings (SSSR count). The molecule has 0 saturated carbocycles. The van der Waals surface area contributed by atoms with E-state index >= 15 is 0 Å². The van der Waals surface area contributed by atoms with Crippen LogP contribution in [0.5, 0.6) is 0 Å². The summed E-state index contributed by atoms with van der Waals surface area (Å²) in [4.78, 5) is 20.4. The number of methoxy groups -OCH3 is 1. The molecule has 0 fully saturated rings. The van der Waals surface area contributed by atoms with Crippen molar-refractivity contribution >= 4 is 22.6 Å². The molecular weight excluding hydrogens is 340 g/mol. The van der Waals surface area contributed by atoms with Gasteiger partial charge in [-0.05, 0) is 16.3 Å². The van der Waals surface area contributed by atoms with Crippen molar-refractivity contribution in [3.8, 4) is 0 Å². The molecule has 0 radical (unpaired) electrons. The number of benzene rings is 2. The lowest BCUT2D eigenvalue weighted by atomic mass is 9.83. The third kappa shape index (κ3) is 4.80. The van der Waals surface area contributed by atoms with Crippen molar-refractivity contribution in [3.05, 3.63) is 66.1 Å². The third-order valence-electron chi connectivity index (χ3n) is 4.48. The summed E-state index contributed by atoms with van der Waals surface area (Å²) in [6.45, 7) is 5.08. The van der Waals surface area contributed by atoms with E-state index in [9.17, 15) is 4.79 Å². The van der Waals surface area contributed by atoms with Gasteiger partial charge in [-0.2, -0.15) is 0 Å². The van der Waals surface area contributed by atoms with Crippen molar-refractivity contribution in [2.24, 2.45) is 0 Å². The van der Waals surface area contributed by atoms with Gasteiger partial charge in [-0.1, -0.05) is 56.3 Å². The molecule has 0 aliphatic rings. The summed E-state index contributed by atoms with van der Waals surface area (Å²) < 4.78 is 5.04. The Morgan fingerprint density at radius 3 is 2.63 bits per heavy atom. The van der Waals surface area contributed by atoms with E-state index in [0.29, 0.717) is 24.7 Å². The normalized spacial score (nSPS) is 11.4. The summed E-state index contributed by atoms with van der Waals surface area (Å²) in [6.07, 6.45) is 1.41. The molecule has 0 saturated heterocycles. The van der Waals surface area contributed by atoms with Gasteiger partial charge < -0.3 is 10.1 Å². The number of carbonyl (C=O) groups excluding carboxylic acids is 1.